The van der Waals surface area contributed by atoms with Crippen LogP contribution in [0.3, 0.4) is 0 Å². The van der Waals surface area contributed by atoms with E-state index in [-0.39, 0.29) is 11.7 Å². The number of hydrogen-bond donors (Lipinski definition) is 1. The van der Waals surface area contributed by atoms with Crippen LogP contribution in [0, 0.1) is 5.82 Å². The van der Waals surface area contributed by atoms with Crippen molar-refractivity contribution in [2.24, 2.45) is 5.16 Å². The molecule has 1 atom stereocenters. The van der Waals surface area contributed by atoms with Crippen molar-refractivity contribution in [1.82, 2.24) is 0 Å². The van der Waals surface area contributed by atoms with E-state index in [1.165, 1.54) is 12.1 Å². The number of nitrogens with one attached hydrogen (secondary N) is 1. The third kappa shape index (κ3) is 3.08. The Hall–Kier alpha value is -3.21. The molecule has 0 radical (unpaired) electrons. The number of hydrogen-bond acceptors (Lipinski definition) is 3. The number of nitrogens with zero attached hydrogens (tertiary/aromatic N) is 1. The molecule has 3 aromatic rings. The average molecular weight is 334 g/mol. The van der Waals surface area contributed by atoms with Gasteiger partial charge >= 0.3 is 0 Å². The van der Waals surface area contributed by atoms with Gasteiger partial charge < -0.3 is 10.2 Å². The maximum absolute atomic E-state index is 13.3. The number of carbonyl (C=O) groups is 1. The first-order valence-corrected chi connectivity index (χ1v) is 7.98. The van der Waals surface area contributed by atoms with Crippen LogP contribution in [0.4, 0.5) is 10.1 Å². The van der Waals surface area contributed by atoms with Gasteiger partial charge in [0.1, 0.15) is 5.82 Å². The van der Waals surface area contributed by atoms with Crippen molar-refractivity contribution in [3.05, 3.63) is 78.1 Å². The Labute approximate surface area is 143 Å². The van der Waals surface area contributed by atoms with Crippen LogP contribution in [0.1, 0.15) is 12.0 Å². The van der Waals surface area contributed by atoms with E-state index >= 15 is 0 Å². The zero-order valence-corrected chi connectivity index (χ0v) is 13.3. The molecular formula is C20H15FN2O2. The van der Waals surface area contributed by atoms with Crippen molar-refractivity contribution in [2.75, 3.05) is 5.32 Å². The number of anilines is 1. The summed E-state index contributed by atoms with van der Waals surface area (Å²) in [5, 5.41) is 8.85. The van der Waals surface area contributed by atoms with Gasteiger partial charge in [-0.1, -0.05) is 53.7 Å². The maximum atomic E-state index is 13.3. The summed E-state index contributed by atoms with van der Waals surface area (Å²) in [5.41, 5.74) is 1.92. The van der Waals surface area contributed by atoms with Crippen LogP contribution in [0.2, 0.25) is 0 Å². The van der Waals surface area contributed by atoms with Gasteiger partial charge in [-0.3, -0.25) is 4.79 Å². The lowest BCUT2D eigenvalue weighted by Crippen LogP contribution is -2.28. The number of carbonyl (C=O) groups excluding carboxylic acids is 1. The van der Waals surface area contributed by atoms with E-state index in [2.05, 4.69) is 10.5 Å². The van der Waals surface area contributed by atoms with Crippen LogP contribution in [0.5, 0.6) is 0 Å². The Bertz CT molecular complexity index is 979. The van der Waals surface area contributed by atoms with Crippen LogP contribution in [-0.4, -0.2) is 17.7 Å². The molecule has 0 aromatic heterocycles. The van der Waals surface area contributed by atoms with Crippen LogP contribution >= 0.6 is 0 Å². The zero-order chi connectivity index (χ0) is 17.2. The summed E-state index contributed by atoms with van der Waals surface area (Å²) >= 11 is 0. The fraction of sp³-hybridized carbons (Fsp3) is 0.100. The molecule has 1 heterocycles. The minimum Gasteiger partial charge on any atom is -0.382 e. The van der Waals surface area contributed by atoms with Crippen molar-refractivity contribution >= 4 is 28.1 Å². The molecule has 4 rings (SSSR count). The highest BCUT2D eigenvalue weighted by Gasteiger charge is 2.29. The lowest BCUT2D eigenvalue weighted by Gasteiger charge is -2.11. The Kier molecular flexibility index (Phi) is 3.90. The number of oxime groups is 1. The monoisotopic (exact) mass is 334 g/mol. The van der Waals surface area contributed by atoms with Gasteiger partial charge in [0.05, 0.1) is 5.71 Å². The van der Waals surface area contributed by atoms with Gasteiger partial charge in [0.25, 0.3) is 5.91 Å². The lowest BCUT2D eigenvalue weighted by atomic mass is 10.0. The molecule has 0 fully saturated rings. The van der Waals surface area contributed by atoms with Crippen molar-refractivity contribution in [3.63, 3.8) is 0 Å². The Morgan fingerprint density at radius 1 is 1.08 bits per heavy atom. The molecule has 0 saturated heterocycles. The van der Waals surface area contributed by atoms with Gasteiger partial charge in [-0.2, -0.15) is 0 Å². The van der Waals surface area contributed by atoms with Crippen LogP contribution in [0.25, 0.3) is 10.8 Å². The summed E-state index contributed by atoms with van der Waals surface area (Å²) in [6.07, 6.45) is -0.419. The van der Waals surface area contributed by atoms with Gasteiger partial charge in [-0.05, 0) is 23.6 Å². The summed E-state index contributed by atoms with van der Waals surface area (Å²) in [6, 6.07) is 19.7. The highest BCUT2D eigenvalue weighted by Crippen LogP contribution is 2.24. The Morgan fingerprint density at radius 3 is 2.76 bits per heavy atom. The number of amides is 1. The normalized spacial score (nSPS) is 16.4. The van der Waals surface area contributed by atoms with E-state index in [1.54, 1.807) is 12.1 Å². The molecule has 4 nitrogen and oxygen atoms in total. The minimum absolute atomic E-state index is 0.272. The lowest BCUT2D eigenvalue weighted by molar-refractivity contribution is -0.125. The van der Waals surface area contributed by atoms with Crippen molar-refractivity contribution in [3.8, 4) is 0 Å². The van der Waals surface area contributed by atoms with E-state index < -0.39 is 6.10 Å². The van der Waals surface area contributed by atoms with Gasteiger partial charge in [0.15, 0.2) is 0 Å². The third-order valence-corrected chi connectivity index (χ3v) is 4.17. The second-order valence-corrected chi connectivity index (χ2v) is 5.86. The third-order valence-electron chi connectivity index (χ3n) is 4.17. The smallest absolute Gasteiger partial charge is 0.268 e. The van der Waals surface area contributed by atoms with E-state index in [0.29, 0.717) is 17.7 Å². The first kappa shape index (κ1) is 15.3. The van der Waals surface area contributed by atoms with E-state index in [1.807, 2.05) is 42.5 Å². The van der Waals surface area contributed by atoms with Crippen molar-refractivity contribution in [2.45, 2.75) is 12.5 Å². The fourth-order valence-corrected chi connectivity index (χ4v) is 2.90. The summed E-state index contributed by atoms with van der Waals surface area (Å²) < 4.78 is 13.3. The number of halogens is 1. The Morgan fingerprint density at radius 2 is 1.88 bits per heavy atom. The molecule has 0 aliphatic carbocycles. The van der Waals surface area contributed by atoms with Gasteiger partial charge in [-0.25, -0.2) is 4.39 Å². The first-order chi connectivity index (χ1) is 12.2. The molecule has 0 unspecified atom stereocenters. The summed E-state index contributed by atoms with van der Waals surface area (Å²) in [4.78, 5) is 17.8. The largest absolute Gasteiger partial charge is 0.382 e. The topological polar surface area (TPSA) is 50.7 Å². The highest BCUT2D eigenvalue weighted by molar-refractivity contribution is 6.08. The summed E-state index contributed by atoms with van der Waals surface area (Å²) in [5.74, 6) is -0.615. The van der Waals surface area contributed by atoms with Crippen molar-refractivity contribution < 1.29 is 14.0 Å². The average Bonchev–Trinajstić information content (AvgIpc) is 3.12. The molecule has 0 bridgehead atoms. The molecule has 5 heteroatoms. The Balaban J connectivity index is 1.49. The zero-order valence-electron chi connectivity index (χ0n) is 13.3. The molecule has 0 spiro atoms. The first-order valence-electron chi connectivity index (χ1n) is 7.98. The predicted molar refractivity (Wildman–Crippen MR) is 95.0 cm³/mol. The highest BCUT2D eigenvalue weighted by atomic mass is 19.1. The van der Waals surface area contributed by atoms with E-state index in [4.69, 9.17) is 4.84 Å². The van der Waals surface area contributed by atoms with Gasteiger partial charge in [0, 0.05) is 23.1 Å². The van der Waals surface area contributed by atoms with Crippen molar-refractivity contribution in [1.29, 1.82) is 0 Å². The molecule has 1 aliphatic rings. The second-order valence-electron chi connectivity index (χ2n) is 5.86. The molecule has 124 valence electrons. The van der Waals surface area contributed by atoms with E-state index in [9.17, 15) is 9.18 Å². The van der Waals surface area contributed by atoms with E-state index in [0.717, 1.165) is 16.5 Å². The minimum atomic E-state index is -0.725. The molecule has 25 heavy (non-hydrogen) atoms. The van der Waals surface area contributed by atoms with Gasteiger partial charge in [0.2, 0.25) is 6.10 Å². The number of benzene rings is 3. The quantitative estimate of drug-likeness (QED) is 0.783. The second kappa shape index (κ2) is 6.36. The van der Waals surface area contributed by atoms with Crippen LogP contribution in [0.15, 0.2) is 71.9 Å². The molecule has 1 amide bonds. The van der Waals surface area contributed by atoms with Crippen LogP contribution < -0.4 is 5.32 Å². The molecule has 3 aromatic carbocycles. The van der Waals surface area contributed by atoms with Crippen LogP contribution in [-0.2, 0) is 9.63 Å². The standard InChI is InChI=1S/C20H15FN2O2/c21-15-8-3-7-14(11-15)18-12-19(25-23-18)20(24)22-17-10-4-6-13-5-1-2-9-16(13)17/h1-11,19H,12H2,(H,22,24)/t19-/m0/s1. The SMILES string of the molecule is O=C(Nc1cccc2ccccc12)[C@@H]1CC(c2cccc(F)c2)=NO1. The molecule has 0 saturated carbocycles. The maximum Gasteiger partial charge on any atom is 0.268 e. The molecule has 1 aliphatic heterocycles. The molecular weight excluding hydrogens is 319 g/mol. The molecule has 1 N–H and O–H groups in total. The van der Waals surface area contributed by atoms with Gasteiger partial charge in [-0.15, -0.1) is 0 Å². The predicted octanol–water partition coefficient (Wildman–Crippen LogP) is 4.11. The summed E-state index contributed by atoms with van der Waals surface area (Å²) in [6.45, 7) is 0. The number of fused-ring (bicyclic) bond motifs is 1. The fourth-order valence-electron chi connectivity index (χ4n) is 2.90. The number of rotatable bonds is 3. The summed E-state index contributed by atoms with van der Waals surface area (Å²) in [7, 11) is 0.